The van der Waals surface area contributed by atoms with Crippen LogP contribution >= 0.6 is 46.4 Å². The van der Waals surface area contributed by atoms with Crippen molar-refractivity contribution < 1.29 is 14.3 Å². The molecule has 0 unspecified atom stereocenters. The Morgan fingerprint density at radius 3 is 2.52 bits per heavy atom. The van der Waals surface area contributed by atoms with Crippen LogP contribution in [0.1, 0.15) is 16.9 Å². The summed E-state index contributed by atoms with van der Waals surface area (Å²) < 4.78 is 11.2. The highest BCUT2D eigenvalue weighted by atomic mass is 35.5. The van der Waals surface area contributed by atoms with Crippen molar-refractivity contribution in [2.24, 2.45) is 0 Å². The fourth-order valence-corrected chi connectivity index (χ4v) is 3.39. The number of amides is 1. The molecular weight excluding hydrogens is 482 g/mol. The maximum absolute atomic E-state index is 12.3. The van der Waals surface area contributed by atoms with Crippen LogP contribution in [0.4, 0.5) is 0 Å². The van der Waals surface area contributed by atoms with E-state index in [1.807, 2.05) is 30.3 Å². The van der Waals surface area contributed by atoms with Gasteiger partial charge in [0.2, 0.25) is 0 Å². The molecule has 0 saturated carbocycles. The maximum Gasteiger partial charge on any atom is 0.269 e. The van der Waals surface area contributed by atoms with Crippen LogP contribution in [0, 0.1) is 0 Å². The Morgan fingerprint density at radius 1 is 1.03 bits per heavy atom. The molecule has 3 aromatic rings. The lowest BCUT2D eigenvalue weighted by molar-refractivity contribution is 0.0947. The van der Waals surface area contributed by atoms with Crippen LogP contribution in [-0.4, -0.2) is 30.6 Å². The molecule has 3 rings (SSSR count). The molecule has 0 aliphatic carbocycles. The zero-order valence-electron chi connectivity index (χ0n) is 16.2. The van der Waals surface area contributed by atoms with Gasteiger partial charge >= 0.3 is 0 Å². The number of pyridine rings is 1. The maximum atomic E-state index is 12.3. The molecule has 1 heterocycles. The molecule has 31 heavy (non-hydrogen) atoms. The summed E-state index contributed by atoms with van der Waals surface area (Å²) in [6.07, 6.45) is 2.06. The number of carbonyl (C=O) groups is 1. The highest BCUT2D eigenvalue weighted by Gasteiger charge is 2.11. The summed E-state index contributed by atoms with van der Waals surface area (Å²) in [7, 11) is 0. The van der Waals surface area contributed by atoms with E-state index in [4.69, 9.17) is 55.9 Å². The van der Waals surface area contributed by atoms with Crippen molar-refractivity contribution >= 4 is 63.2 Å². The van der Waals surface area contributed by atoms with E-state index < -0.39 is 0 Å². The van der Waals surface area contributed by atoms with Gasteiger partial charge < -0.3 is 14.8 Å². The topological polar surface area (TPSA) is 60.5 Å². The number of nitrogens with zero attached hydrogens (tertiary/aromatic N) is 1. The van der Waals surface area contributed by atoms with Crippen molar-refractivity contribution in [1.82, 2.24) is 10.3 Å². The largest absolute Gasteiger partial charge is 0.490 e. The van der Waals surface area contributed by atoms with Gasteiger partial charge in [0.25, 0.3) is 5.91 Å². The Morgan fingerprint density at radius 2 is 1.77 bits per heavy atom. The molecule has 1 N–H and O–H groups in total. The van der Waals surface area contributed by atoms with Crippen LogP contribution in [-0.2, 0) is 0 Å². The Kier molecular flexibility index (Phi) is 8.67. The standard InChI is InChI=1S/C22H18Cl4N2O3/c23-16-12-15(30-11-8-20(25)26)13-17(24)21(16)31-10-3-9-27-22(29)19-7-6-14-4-1-2-5-18(14)28-19/h1-2,4-8,12-13H,3,9-11H2,(H,27,29). The summed E-state index contributed by atoms with van der Waals surface area (Å²) in [5.74, 6) is 0.571. The van der Waals surface area contributed by atoms with Gasteiger partial charge in [-0.15, -0.1) is 0 Å². The number of hydrogen-bond donors (Lipinski definition) is 1. The minimum Gasteiger partial charge on any atom is -0.490 e. The number of rotatable bonds is 9. The Hall–Kier alpha value is -2.18. The van der Waals surface area contributed by atoms with Crippen LogP contribution in [0.5, 0.6) is 11.5 Å². The summed E-state index contributed by atoms with van der Waals surface area (Å²) in [6.45, 7) is 0.909. The molecule has 0 atom stereocenters. The number of carbonyl (C=O) groups excluding carboxylic acids is 1. The highest BCUT2D eigenvalue weighted by Crippen LogP contribution is 2.37. The number of nitrogens with one attached hydrogen (secondary N) is 1. The van der Waals surface area contributed by atoms with Crippen molar-refractivity contribution in [2.75, 3.05) is 19.8 Å². The minimum atomic E-state index is -0.241. The van der Waals surface area contributed by atoms with Crippen molar-refractivity contribution in [2.45, 2.75) is 6.42 Å². The van der Waals surface area contributed by atoms with Crippen LogP contribution in [0.15, 0.2) is 59.1 Å². The van der Waals surface area contributed by atoms with E-state index in [0.717, 1.165) is 10.9 Å². The van der Waals surface area contributed by atoms with Crippen molar-refractivity contribution in [3.63, 3.8) is 0 Å². The van der Waals surface area contributed by atoms with E-state index >= 15 is 0 Å². The fourth-order valence-electron chi connectivity index (χ4n) is 2.69. The van der Waals surface area contributed by atoms with Gasteiger partial charge in [-0.1, -0.05) is 70.7 Å². The number of benzene rings is 2. The molecule has 0 saturated heterocycles. The van der Waals surface area contributed by atoms with Crippen LogP contribution in [0.2, 0.25) is 10.0 Å². The van der Waals surface area contributed by atoms with Gasteiger partial charge in [0, 0.05) is 24.1 Å². The number of hydrogen-bond acceptors (Lipinski definition) is 4. The van der Waals surface area contributed by atoms with Gasteiger partial charge in [0.15, 0.2) is 5.75 Å². The van der Waals surface area contributed by atoms with Crippen molar-refractivity contribution in [3.8, 4) is 11.5 Å². The van der Waals surface area contributed by atoms with E-state index in [1.165, 1.54) is 6.08 Å². The van der Waals surface area contributed by atoms with E-state index in [2.05, 4.69) is 10.3 Å². The first-order valence-corrected chi connectivity index (χ1v) is 10.8. The quantitative estimate of drug-likeness (QED) is 0.344. The molecule has 0 spiro atoms. The van der Waals surface area contributed by atoms with E-state index in [0.29, 0.717) is 46.8 Å². The van der Waals surface area contributed by atoms with Crippen molar-refractivity contribution in [3.05, 3.63) is 74.8 Å². The van der Waals surface area contributed by atoms with Crippen LogP contribution in [0.25, 0.3) is 10.9 Å². The molecule has 162 valence electrons. The first-order valence-electron chi connectivity index (χ1n) is 9.34. The van der Waals surface area contributed by atoms with Crippen LogP contribution in [0.3, 0.4) is 0 Å². The summed E-state index contributed by atoms with van der Waals surface area (Å²) in [6, 6.07) is 14.4. The highest BCUT2D eigenvalue weighted by molar-refractivity contribution is 6.55. The lowest BCUT2D eigenvalue weighted by Crippen LogP contribution is -2.26. The number of aromatic nitrogens is 1. The van der Waals surface area contributed by atoms with Gasteiger partial charge in [-0.25, -0.2) is 4.98 Å². The molecule has 2 aromatic carbocycles. The lowest BCUT2D eigenvalue weighted by Gasteiger charge is -2.12. The third-order valence-corrected chi connectivity index (χ3v) is 5.01. The summed E-state index contributed by atoms with van der Waals surface area (Å²) in [5.41, 5.74) is 1.14. The Balaban J connectivity index is 1.46. The SMILES string of the molecule is O=C(NCCCOc1c(Cl)cc(OCC=C(Cl)Cl)cc1Cl)c1ccc2ccccc2n1. The van der Waals surface area contributed by atoms with E-state index in [-0.39, 0.29) is 17.0 Å². The zero-order valence-corrected chi connectivity index (χ0v) is 19.2. The third kappa shape index (κ3) is 6.91. The number of halogens is 4. The average molecular weight is 500 g/mol. The molecule has 0 radical (unpaired) electrons. The Labute approximate surface area is 199 Å². The molecule has 5 nitrogen and oxygen atoms in total. The second-order valence-electron chi connectivity index (χ2n) is 6.37. The molecular formula is C22H18Cl4N2O3. The molecule has 0 bridgehead atoms. The van der Waals surface area contributed by atoms with Gasteiger partial charge in [-0.3, -0.25) is 4.79 Å². The summed E-state index contributed by atoms with van der Waals surface area (Å²) in [4.78, 5) is 16.7. The predicted octanol–water partition coefficient (Wildman–Crippen LogP) is 6.44. The third-order valence-electron chi connectivity index (χ3n) is 4.14. The normalized spacial score (nSPS) is 10.6. The van der Waals surface area contributed by atoms with Crippen LogP contribution < -0.4 is 14.8 Å². The first-order chi connectivity index (χ1) is 14.9. The summed E-state index contributed by atoms with van der Waals surface area (Å²) in [5, 5.41) is 4.44. The molecule has 0 aliphatic heterocycles. The molecule has 1 amide bonds. The molecule has 9 heteroatoms. The second-order valence-corrected chi connectivity index (χ2v) is 8.19. The Bertz CT molecular complexity index is 1080. The number of para-hydroxylation sites is 1. The average Bonchev–Trinajstić information content (AvgIpc) is 2.74. The first kappa shape index (κ1) is 23.5. The molecule has 0 aliphatic rings. The van der Waals surface area contributed by atoms with Crippen molar-refractivity contribution in [1.29, 1.82) is 0 Å². The number of ether oxygens (including phenoxy) is 2. The zero-order chi connectivity index (χ0) is 22.2. The van der Waals surface area contributed by atoms with Gasteiger partial charge in [0.1, 0.15) is 22.5 Å². The molecule has 0 fully saturated rings. The van der Waals surface area contributed by atoms with Gasteiger partial charge in [-0.05, 0) is 24.6 Å². The number of fused-ring (bicyclic) bond motifs is 1. The smallest absolute Gasteiger partial charge is 0.269 e. The van der Waals surface area contributed by atoms with Gasteiger partial charge in [-0.2, -0.15) is 0 Å². The fraction of sp³-hybridized carbons (Fsp3) is 0.182. The van der Waals surface area contributed by atoms with Gasteiger partial charge in [0.05, 0.1) is 22.2 Å². The lowest BCUT2D eigenvalue weighted by atomic mass is 10.2. The van der Waals surface area contributed by atoms with E-state index in [9.17, 15) is 4.79 Å². The predicted molar refractivity (Wildman–Crippen MR) is 126 cm³/mol. The molecule has 1 aromatic heterocycles. The summed E-state index contributed by atoms with van der Waals surface area (Å²) >= 11 is 23.5. The monoisotopic (exact) mass is 498 g/mol. The van der Waals surface area contributed by atoms with E-state index in [1.54, 1.807) is 18.2 Å². The second kappa shape index (κ2) is 11.4. The minimum absolute atomic E-state index is 0.112.